The first-order chi connectivity index (χ1) is 8.56. The number of amides is 1. The molecule has 1 amide bonds. The number of hydrogen-bond donors (Lipinski definition) is 0. The fraction of sp³-hybridized carbons (Fsp3) is 0.417. The van der Waals surface area contributed by atoms with E-state index in [-0.39, 0.29) is 17.7 Å². The molecule has 1 atom stereocenters. The van der Waals surface area contributed by atoms with Gasteiger partial charge in [-0.05, 0) is 12.1 Å². The minimum Gasteiger partial charge on any atom is -0.489 e. The van der Waals surface area contributed by atoms with Crippen LogP contribution in [0.3, 0.4) is 0 Å². The third-order valence-electron chi connectivity index (χ3n) is 2.94. The number of carbonyl (C=O) groups is 1. The lowest BCUT2D eigenvalue weighted by Crippen LogP contribution is -2.28. The van der Waals surface area contributed by atoms with Crippen molar-refractivity contribution in [3.8, 4) is 5.75 Å². The maximum absolute atomic E-state index is 11.2. The monoisotopic (exact) mass is 250 g/mol. The zero-order valence-electron chi connectivity index (χ0n) is 10.0. The van der Waals surface area contributed by atoms with E-state index in [2.05, 4.69) is 0 Å². The van der Waals surface area contributed by atoms with Crippen LogP contribution in [0.2, 0.25) is 0 Å². The summed E-state index contributed by atoms with van der Waals surface area (Å²) in [6.45, 7) is 2.81. The van der Waals surface area contributed by atoms with E-state index in [0.717, 1.165) is 6.42 Å². The predicted octanol–water partition coefficient (Wildman–Crippen LogP) is 1.59. The number of non-ortho nitro benzene ring substituents is 1. The van der Waals surface area contributed by atoms with Crippen molar-refractivity contribution < 1.29 is 14.5 Å². The van der Waals surface area contributed by atoms with Gasteiger partial charge in [0.15, 0.2) is 0 Å². The van der Waals surface area contributed by atoms with E-state index in [9.17, 15) is 14.9 Å². The molecule has 6 heteroatoms. The van der Waals surface area contributed by atoms with Crippen molar-refractivity contribution in [2.45, 2.75) is 19.4 Å². The van der Waals surface area contributed by atoms with E-state index in [4.69, 9.17) is 4.74 Å². The van der Waals surface area contributed by atoms with Crippen LogP contribution < -0.4 is 4.74 Å². The Bertz CT molecular complexity index is 458. The molecule has 0 bridgehead atoms. The third-order valence-corrected chi connectivity index (χ3v) is 2.94. The van der Waals surface area contributed by atoms with Gasteiger partial charge in [0.1, 0.15) is 11.9 Å². The molecule has 6 nitrogen and oxygen atoms in total. The lowest BCUT2D eigenvalue weighted by Gasteiger charge is -2.15. The molecule has 1 saturated heterocycles. The second kappa shape index (κ2) is 5.03. The average Bonchev–Trinajstić information content (AvgIpc) is 2.78. The molecule has 0 spiro atoms. The third kappa shape index (κ3) is 2.77. The zero-order valence-corrected chi connectivity index (χ0v) is 10.0. The lowest BCUT2D eigenvalue weighted by molar-refractivity contribution is -0.384. The summed E-state index contributed by atoms with van der Waals surface area (Å²) < 4.78 is 5.67. The van der Waals surface area contributed by atoms with Gasteiger partial charge in [-0.15, -0.1) is 0 Å². The summed E-state index contributed by atoms with van der Waals surface area (Å²) in [5, 5.41) is 10.5. The molecular formula is C12H14N2O4. The van der Waals surface area contributed by atoms with Crippen molar-refractivity contribution in [3.63, 3.8) is 0 Å². The summed E-state index contributed by atoms with van der Waals surface area (Å²) >= 11 is 0. The Balaban J connectivity index is 1.94. The minimum absolute atomic E-state index is 0.0321. The van der Waals surface area contributed by atoms with Crippen LogP contribution in [-0.2, 0) is 4.79 Å². The molecule has 1 aromatic carbocycles. The molecule has 0 N–H and O–H groups in total. The summed E-state index contributed by atoms with van der Waals surface area (Å²) in [6, 6.07) is 5.98. The van der Waals surface area contributed by atoms with Crippen molar-refractivity contribution in [2.24, 2.45) is 0 Å². The topological polar surface area (TPSA) is 72.7 Å². The molecule has 1 aliphatic rings. The van der Waals surface area contributed by atoms with Crippen LogP contribution in [0.1, 0.15) is 13.3 Å². The van der Waals surface area contributed by atoms with Gasteiger partial charge in [0.05, 0.1) is 11.5 Å². The van der Waals surface area contributed by atoms with Crippen LogP contribution in [0.5, 0.6) is 5.75 Å². The van der Waals surface area contributed by atoms with Gasteiger partial charge in [0, 0.05) is 32.0 Å². The van der Waals surface area contributed by atoms with Crippen LogP contribution >= 0.6 is 0 Å². The van der Waals surface area contributed by atoms with E-state index in [1.54, 1.807) is 17.0 Å². The van der Waals surface area contributed by atoms with E-state index < -0.39 is 4.92 Å². The van der Waals surface area contributed by atoms with Gasteiger partial charge in [0.25, 0.3) is 5.69 Å². The number of benzene rings is 1. The molecule has 0 saturated carbocycles. The van der Waals surface area contributed by atoms with Crippen LogP contribution in [-0.4, -0.2) is 34.9 Å². The standard InChI is InChI=1S/C12H14N2O4/c1-9(15)13-7-6-12(8-13)18-11-4-2-10(3-5-11)14(16)17/h2-5,12H,6-8H2,1H3. The van der Waals surface area contributed by atoms with Gasteiger partial charge in [0.2, 0.25) is 5.91 Å². The first-order valence-corrected chi connectivity index (χ1v) is 5.73. The maximum atomic E-state index is 11.2. The molecule has 1 heterocycles. The number of nitro benzene ring substituents is 1. The molecule has 0 radical (unpaired) electrons. The van der Waals surface area contributed by atoms with Crippen molar-refractivity contribution in [2.75, 3.05) is 13.1 Å². The first-order valence-electron chi connectivity index (χ1n) is 5.73. The molecular weight excluding hydrogens is 236 g/mol. The highest BCUT2D eigenvalue weighted by Gasteiger charge is 2.25. The summed E-state index contributed by atoms with van der Waals surface area (Å²) in [5.41, 5.74) is 0.0409. The number of rotatable bonds is 3. The number of nitrogens with zero attached hydrogens (tertiary/aromatic N) is 2. The fourth-order valence-electron chi connectivity index (χ4n) is 1.95. The number of hydrogen-bond acceptors (Lipinski definition) is 4. The van der Waals surface area contributed by atoms with Crippen LogP contribution in [0.4, 0.5) is 5.69 Å². The molecule has 1 aliphatic heterocycles. The highest BCUT2D eigenvalue weighted by atomic mass is 16.6. The first kappa shape index (κ1) is 12.3. The quantitative estimate of drug-likeness (QED) is 0.603. The van der Waals surface area contributed by atoms with Crippen LogP contribution in [0.25, 0.3) is 0 Å². The SMILES string of the molecule is CC(=O)N1CCC(Oc2ccc([N+](=O)[O-])cc2)C1. The molecule has 96 valence electrons. The summed E-state index contributed by atoms with van der Waals surface area (Å²) in [5.74, 6) is 0.640. The summed E-state index contributed by atoms with van der Waals surface area (Å²) in [4.78, 5) is 22.9. The molecule has 18 heavy (non-hydrogen) atoms. The van der Waals surface area contributed by atoms with Crippen molar-refractivity contribution in [1.82, 2.24) is 4.90 Å². The number of carbonyl (C=O) groups excluding carboxylic acids is 1. The number of nitro groups is 1. The average molecular weight is 250 g/mol. The highest BCUT2D eigenvalue weighted by molar-refractivity contribution is 5.73. The van der Waals surface area contributed by atoms with Gasteiger partial charge < -0.3 is 9.64 Å². The largest absolute Gasteiger partial charge is 0.489 e. The second-order valence-corrected chi connectivity index (χ2v) is 4.24. The predicted molar refractivity (Wildman–Crippen MR) is 64.4 cm³/mol. The Morgan fingerprint density at radius 1 is 1.44 bits per heavy atom. The summed E-state index contributed by atoms with van der Waals surface area (Å²) in [7, 11) is 0. The minimum atomic E-state index is -0.448. The Morgan fingerprint density at radius 2 is 2.11 bits per heavy atom. The van der Waals surface area contributed by atoms with E-state index in [0.29, 0.717) is 18.8 Å². The Labute approximate surface area is 104 Å². The molecule has 1 fully saturated rings. The zero-order chi connectivity index (χ0) is 13.1. The van der Waals surface area contributed by atoms with Crippen LogP contribution in [0.15, 0.2) is 24.3 Å². The highest BCUT2D eigenvalue weighted by Crippen LogP contribution is 2.21. The fourth-order valence-corrected chi connectivity index (χ4v) is 1.95. The van der Waals surface area contributed by atoms with Gasteiger partial charge >= 0.3 is 0 Å². The van der Waals surface area contributed by atoms with Crippen molar-refractivity contribution in [1.29, 1.82) is 0 Å². The Morgan fingerprint density at radius 3 is 2.61 bits per heavy atom. The molecule has 2 rings (SSSR count). The van der Waals surface area contributed by atoms with Gasteiger partial charge in [-0.25, -0.2) is 0 Å². The molecule has 1 aromatic rings. The molecule has 0 aromatic heterocycles. The second-order valence-electron chi connectivity index (χ2n) is 4.24. The molecule has 0 aliphatic carbocycles. The Kier molecular flexibility index (Phi) is 3.45. The van der Waals surface area contributed by atoms with Gasteiger partial charge in [-0.2, -0.15) is 0 Å². The van der Waals surface area contributed by atoms with Crippen molar-refractivity contribution >= 4 is 11.6 Å². The van der Waals surface area contributed by atoms with Gasteiger partial charge in [-0.3, -0.25) is 14.9 Å². The normalized spacial score (nSPS) is 18.7. The lowest BCUT2D eigenvalue weighted by atomic mass is 10.3. The molecule has 1 unspecified atom stereocenters. The van der Waals surface area contributed by atoms with E-state index in [1.165, 1.54) is 19.1 Å². The van der Waals surface area contributed by atoms with Gasteiger partial charge in [-0.1, -0.05) is 0 Å². The Hall–Kier alpha value is -2.11. The number of likely N-dealkylation sites (tertiary alicyclic amines) is 1. The maximum Gasteiger partial charge on any atom is 0.269 e. The number of ether oxygens (including phenoxy) is 1. The van der Waals surface area contributed by atoms with E-state index >= 15 is 0 Å². The smallest absolute Gasteiger partial charge is 0.269 e. The van der Waals surface area contributed by atoms with E-state index in [1.807, 2.05) is 0 Å². The van der Waals surface area contributed by atoms with Crippen LogP contribution in [0, 0.1) is 10.1 Å². The van der Waals surface area contributed by atoms with Crippen molar-refractivity contribution in [3.05, 3.63) is 34.4 Å². The summed E-state index contributed by atoms with van der Waals surface area (Å²) in [6.07, 6.45) is 0.756.